The number of pyridine rings is 1. The molecule has 1 aromatic carbocycles. The lowest BCUT2D eigenvalue weighted by Crippen LogP contribution is -2.10. The monoisotopic (exact) mass is 257 g/mol. The van der Waals surface area contributed by atoms with Crippen LogP contribution in [-0.2, 0) is 18.6 Å². The molecular formula is C16H19NS. The molecule has 2 aromatic rings. The van der Waals surface area contributed by atoms with Crippen molar-refractivity contribution in [1.82, 2.24) is 4.98 Å². The first kappa shape index (κ1) is 12.0. The fraction of sp³-hybridized carbons (Fsp3) is 0.438. The van der Waals surface area contributed by atoms with E-state index in [0.29, 0.717) is 0 Å². The second-order valence-corrected chi connectivity index (χ2v) is 5.60. The van der Waals surface area contributed by atoms with Gasteiger partial charge < -0.3 is 0 Å². The van der Waals surface area contributed by atoms with E-state index in [4.69, 9.17) is 4.98 Å². The molecule has 0 atom stereocenters. The van der Waals surface area contributed by atoms with Crippen molar-refractivity contribution in [2.45, 2.75) is 45.3 Å². The van der Waals surface area contributed by atoms with Gasteiger partial charge in [0.1, 0.15) is 0 Å². The minimum absolute atomic E-state index is 0.823. The van der Waals surface area contributed by atoms with E-state index in [-0.39, 0.29) is 0 Å². The smallest absolute Gasteiger partial charge is 0.0740 e. The van der Waals surface area contributed by atoms with E-state index in [1.807, 2.05) is 0 Å². The van der Waals surface area contributed by atoms with Crippen LogP contribution >= 0.6 is 12.6 Å². The first-order valence-electron chi connectivity index (χ1n) is 6.73. The highest BCUT2D eigenvalue weighted by atomic mass is 32.1. The van der Waals surface area contributed by atoms with Gasteiger partial charge >= 0.3 is 0 Å². The highest BCUT2D eigenvalue weighted by molar-refractivity contribution is 7.79. The fourth-order valence-electron chi connectivity index (χ4n) is 3.00. The van der Waals surface area contributed by atoms with Gasteiger partial charge in [-0.25, -0.2) is 0 Å². The number of hydrogen-bond donors (Lipinski definition) is 1. The number of aryl methyl sites for hydroxylation is 3. The number of nitrogens with zero attached hydrogens (tertiary/aromatic N) is 1. The average molecular weight is 257 g/mol. The van der Waals surface area contributed by atoms with Crippen molar-refractivity contribution >= 4 is 23.5 Å². The first-order valence-corrected chi connectivity index (χ1v) is 7.37. The van der Waals surface area contributed by atoms with Crippen LogP contribution in [0.1, 0.15) is 40.8 Å². The van der Waals surface area contributed by atoms with Gasteiger partial charge in [0.15, 0.2) is 0 Å². The largest absolute Gasteiger partial charge is 0.252 e. The maximum Gasteiger partial charge on any atom is 0.0740 e. The van der Waals surface area contributed by atoms with Gasteiger partial charge in [-0.1, -0.05) is 12.1 Å². The van der Waals surface area contributed by atoms with Crippen molar-refractivity contribution in [2.24, 2.45) is 0 Å². The molecule has 0 amide bonds. The Morgan fingerprint density at radius 3 is 2.72 bits per heavy atom. The Morgan fingerprint density at radius 2 is 1.94 bits per heavy atom. The van der Waals surface area contributed by atoms with Gasteiger partial charge in [0.25, 0.3) is 0 Å². The molecule has 3 rings (SSSR count). The summed E-state index contributed by atoms with van der Waals surface area (Å²) in [4.78, 5) is 4.95. The molecule has 0 unspecified atom stereocenters. The molecule has 94 valence electrons. The number of benzene rings is 1. The van der Waals surface area contributed by atoms with Gasteiger partial charge in [0.05, 0.1) is 5.52 Å². The van der Waals surface area contributed by atoms with Crippen molar-refractivity contribution in [3.63, 3.8) is 0 Å². The molecule has 0 saturated carbocycles. The summed E-state index contributed by atoms with van der Waals surface area (Å²) < 4.78 is 0. The number of rotatable bonds is 1. The summed E-state index contributed by atoms with van der Waals surface area (Å²) >= 11 is 4.55. The van der Waals surface area contributed by atoms with Crippen LogP contribution in [0.4, 0.5) is 0 Å². The Bertz CT molecular complexity index is 616. The van der Waals surface area contributed by atoms with E-state index in [9.17, 15) is 0 Å². The SMILES string of the molecule is Cc1ccc2c(CS)c3c(nc2c1C)CCCC3. The van der Waals surface area contributed by atoms with Crippen molar-refractivity contribution in [3.05, 3.63) is 40.1 Å². The van der Waals surface area contributed by atoms with Crippen LogP contribution in [0.2, 0.25) is 0 Å². The van der Waals surface area contributed by atoms with Crippen molar-refractivity contribution in [1.29, 1.82) is 0 Å². The number of hydrogen-bond acceptors (Lipinski definition) is 2. The van der Waals surface area contributed by atoms with E-state index in [0.717, 1.165) is 12.2 Å². The molecule has 0 fully saturated rings. The third kappa shape index (κ3) is 1.74. The van der Waals surface area contributed by atoms with Crippen molar-refractivity contribution < 1.29 is 0 Å². The molecule has 1 aliphatic carbocycles. The molecule has 1 aliphatic rings. The quantitative estimate of drug-likeness (QED) is 0.757. The van der Waals surface area contributed by atoms with Crippen molar-refractivity contribution in [2.75, 3.05) is 0 Å². The zero-order valence-electron chi connectivity index (χ0n) is 11.1. The lowest BCUT2D eigenvalue weighted by Gasteiger charge is -2.21. The highest BCUT2D eigenvalue weighted by Gasteiger charge is 2.18. The summed E-state index contributed by atoms with van der Waals surface area (Å²) in [6, 6.07) is 4.44. The summed E-state index contributed by atoms with van der Waals surface area (Å²) in [6.07, 6.45) is 4.90. The maximum absolute atomic E-state index is 4.95. The molecule has 1 aromatic heterocycles. The summed E-state index contributed by atoms with van der Waals surface area (Å²) in [7, 11) is 0. The summed E-state index contributed by atoms with van der Waals surface area (Å²) in [5, 5.41) is 1.31. The van der Waals surface area contributed by atoms with E-state index < -0.39 is 0 Å². The third-order valence-corrected chi connectivity index (χ3v) is 4.55. The Balaban J connectivity index is 2.40. The summed E-state index contributed by atoms with van der Waals surface area (Å²) in [5.41, 5.74) is 8.07. The molecule has 1 nitrogen and oxygen atoms in total. The molecule has 0 radical (unpaired) electrons. The number of thiol groups is 1. The van der Waals surface area contributed by atoms with Gasteiger partial charge in [0, 0.05) is 16.8 Å². The second-order valence-electron chi connectivity index (χ2n) is 5.28. The maximum atomic E-state index is 4.95. The predicted octanol–water partition coefficient (Wildman–Crippen LogP) is 4.16. The Labute approximate surface area is 114 Å². The van der Waals surface area contributed by atoms with E-state index in [1.165, 1.54) is 58.1 Å². The van der Waals surface area contributed by atoms with Gasteiger partial charge in [-0.05, 0) is 61.8 Å². The standard InChI is InChI=1S/C16H19NS/c1-10-7-8-13-14(9-18)12-5-3-4-6-15(12)17-16(13)11(10)2/h7-8,18H,3-6,9H2,1-2H3. The van der Waals surface area contributed by atoms with Gasteiger partial charge in [-0.2, -0.15) is 12.6 Å². The fourth-order valence-corrected chi connectivity index (χ4v) is 3.37. The van der Waals surface area contributed by atoms with Crippen LogP contribution in [-0.4, -0.2) is 4.98 Å². The van der Waals surface area contributed by atoms with Gasteiger partial charge in [-0.15, -0.1) is 0 Å². The number of fused-ring (bicyclic) bond motifs is 2. The molecule has 0 N–H and O–H groups in total. The molecule has 18 heavy (non-hydrogen) atoms. The molecule has 1 heterocycles. The molecule has 0 aliphatic heterocycles. The van der Waals surface area contributed by atoms with E-state index in [1.54, 1.807) is 0 Å². The predicted molar refractivity (Wildman–Crippen MR) is 80.5 cm³/mol. The summed E-state index contributed by atoms with van der Waals surface area (Å²) in [6.45, 7) is 4.35. The second kappa shape index (κ2) is 4.58. The van der Waals surface area contributed by atoms with Crippen molar-refractivity contribution in [3.8, 4) is 0 Å². The Hall–Kier alpha value is -1.02. The molecular weight excluding hydrogens is 238 g/mol. The topological polar surface area (TPSA) is 12.9 Å². The van der Waals surface area contributed by atoms with E-state index in [2.05, 4.69) is 38.6 Å². The molecule has 2 heteroatoms. The minimum Gasteiger partial charge on any atom is -0.252 e. The highest BCUT2D eigenvalue weighted by Crippen LogP contribution is 2.32. The minimum atomic E-state index is 0.823. The third-order valence-electron chi connectivity index (χ3n) is 4.23. The van der Waals surface area contributed by atoms with Crippen LogP contribution in [0.5, 0.6) is 0 Å². The van der Waals surface area contributed by atoms with Gasteiger partial charge in [0.2, 0.25) is 0 Å². The summed E-state index contributed by atoms with van der Waals surface area (Å²) in [5.74, 6) is 0.823. The van der Waals surface area contributed by atoms with E-state index >= 15 is 0 Å². The van der Waals surface area contributed by atoms with Crippen LogP contribution in [0.3, 0.4) is 0 Å². The van der Waals surface area contributed by atoms with Crippen LogP contribution in [0, 0.1) is 13.8 Å². The lowest BCUT2D eigenvalue weighted by atomic mass is 9.89. The molecule has 0 bridgehead atoms. The molecule has 0 saturated heterocycles. The first-order chi connectivity index (χ1) is 8.72. The van der Waals surface area contributed by atoms with Crippen LogP contribution in [0.25, 0.3) is 10.9 Å². The Kier molecular flexibility index (Phi) is 3.06. The zero-order valence-corrected chi connectivity index (χ0v) is 12.0. The molecule has 0 spiro atoms. The number of aromatic nitrogens is 1. The van der Waals surface area contributed by atoms with Gasteiger partial charge in [-0.3, -0.25) is 4.98 Å². The van der Waals surface area contributed by atoms with Crippen LogP contribution < -0.4 is 0 Å². The van der Waals surface area contributed by atoms with Crippen LogP contribution in [0.15, 0.2) is 12.1 Å². The Morgan fingerprint density at radius 1 is 1.17 bits per heavy atom. The zero-order chi connectivity index (χ0) is 12.7. The average Bonchev–Trinajstić information content (AvgIpc) is 2.41. The normalized spacial score (nSPS) is 14.8. The lowest BCUT2D eigenvalue weighted by molar-refractivity contribution is 0.667.